The minimum atomic E-state index is -0.00831. The Balaban J connectivity index is 2.38. The van der Waals surface area contributed by atoms with Crippen molar-refractivity contribution in [2.45, 2.75) is 32.2 Å². The molecule has 0 aliphatic rings. The molecule has 19 heavy (non-hydrogen) atoms. The maximum atomic E-state index is 4.58. The van der Waals surface area contributed by atoms with Crippen LogP contribution in [0.25, 0.3) is 0 Å². The Morgan fingerprint density at radius 2 is 1.89 bits per heavy atom. The Morgan fingerprint density at radius 1 is 1.21 bits per heavy atom. The molecule has 1 atom stereocenters. The van der Waals surface area contributed by atoms with Crippen LogP contribution < -0.4 is 5.32 Å². The van der Waals surface area contributed by atoms with Gasteiger partial charge in [-0.15, -0.1) is 0 Å². The van der Waals surface area contributed by atoms with Gasteiger partial charge in [-0.2, -0.15) is 5.10 Å². The van der Waals surface area contributed by atoms with Crippen molar-refractivity contribution in [1.82, 2.24) is 15.1 Å². The van der Waals surface area contributed by atoms with E-state index in [1.54, 1.807) is 0 Å². The fraction of sp³-hybridized carbons (Fsp3) is 0.438. The Bertz CT molecular complexity index is 514. The van der Waals surface area contributed by atoms with E-state index in [0.29, 0.717) is 0 Å². The number of likely N-dealkylation sites (N-methyl/N-ethyl adjacent to an activating group) is 1. The number of rotatable bonds is 5. The van der Waals surface area contributed by atoms with Crippen LogP contribution in [-0.2, 0) is 12.5 Å². The molecule has 0 spiro atoms. The Morgan fingerprint density at radius 3 is 2.42 bits per heavy atom. The van der Waals surface area contributed by atoms with Gasteiger partial charge in [-0.3, -0.25) is 4.68 Å². The summed E-state index contributed by atoms with van der Waals surface area (Å²) in [6, 6.07) is 12.9. The largest absolute Gasteiger partial charge is 0.308 e. The molecule has 102 valence electrons. The summed E-state index contributed by atoms with van der Waals surface area (Å²) in [5, 5.41) is 8.15. The van der Waals surface area contributed by atoms with Gasteiger partial charge < -0.3 is 5.32 Å². The molecule has 2 rings (SSSR count). The van der Waals surface area contributed by atoms with Gasteiger partial charge in [0, 0.05) is 18.7 Å². The number of nitrogens with zero attached hydrogens (tertiary/aromatic N) is 2. The molecule has 0 fully saturated rings. The zero-order valence-corrected chi connectivity index (χ0v) is 12.2. The lowest BCUT2D eigenvalue weighted by Gasteiger charge is -2.34. The van der Waals surface area contributed by atoms with Crippen molar-refractivity contribution in [3.63, 3.8) is 0 Å². The van der Waals surface area contributed by atoms with Gasteiger partial charge >= 0.3 is 0 Å². The van der Waals surface area contributed by atoms with Crippen LogP contribution in [-0.4, -0.2) is 16.3 Å². The summed E-state index contributed by atoms with van der Waals surface area (Å²) in [6.45, 7) is 7.60. The highest BCUT2D eigenvalue weighted by Crippen LogP contribution is 2.35. The van der Waals surface area contributed by atoms with E-state index in [9.17, 15) is 0 Å². The summed E-state index contributed by atoms with van der Waals surface area (Å²) in [7, 11) is 1.96. The van der Waals surface area contributed by atoms with E-state index in [2.05, 4.69) is 67.6 Å². The molecular formula is C16H23N3. The first-order valence-corrected chi connectivity index (χ1v) is 6.84. The second kappa shape index (κ2) is 5.57. The van der Waals surface area contributed by atoms with Crippen LogP contribution in [0.2, 0.25) is 0 Å². The highest BCUT2D eigenvalue weighted by molar-refractivity contribution is 5.28. The molecular weight excluding hydrogens is 234 g/mol. The quantitative estimate of drug-likeness (QED) is 0.892. The lowest BCUT2D eigenvalue weighted by Crippen LogP contribution is -2.37. The molecule has 0 saturated heterocycles. The Hall–Kier alpha value is -1.61. The fourth-order valence-corrected chi connectivity index (χ4v) is 2.55. The van der Waals surface area contributed by atoms with Crippen molar-refractivity contribution >= 4 is 0 Å². The van der Waals surface area contributed by atoms with Crippen LogP contribution in [0.4, 0.5) is 0 Å². The van der Waals surface area contributed by atoms with E-state index < -0.39 is 0 Å². The fourth-order valence-electron chi connectivity index (χ4n) is 2.55. The zero-order chi connectivity index (χ0) is 13.9. The van der Waals surface area contributed by atoms with Gasteiger partial charge in [0.25, 0.3) is 0 Å². The molecule has 1 aromatic carbocycles. The van der Waals surface area contributed by atoms with Gasteiger partial charge in [0.2, 0.25) is 0 Å². The molecule has 3 heteroatoms. The summed E-state index contributed by atoms with van der Waals surface area (Å²) in [5.41, 5.74) is 2.41. The second-order valence-corrected chi connectivity index (χ2v) is 5.49. The summed E-state index contributed by atoms with van der Waals surface area (Å²) < 4.78 is 1.86. The number of aryl methyl sites for hydroxylation is 1. The highest BCUT2D eigenvalue weighted by Gasteiger charge is 2.33. The molecule has 0 radical (unpaired) electrons. The van der Waals surface area contributed by atoms with Crippen LogP contribution in [0.15, 0.2) is 42.6 Å². The summed E-state index contributed by atoms with van der Waals surface area (Å²) >= 11 is 0. The average Bonchev–Trinajstić information content (AvgIpc) is 2.83. The molecule has 0 bridgehead atoms. The summed E-state index contributed by atoms with van der Waals surface area (Å²) in [5.74, 6) is 0. The molecule has 0 aliphatic heterocycles. The number of aromatic nitrogens is 2. The first kappa shape index (κ1) is 13.8. The third-order valence-corrected chi connectivity index (χ3v) is 3.68. The number of hydrogen-bond acceptors (Lipinski definition) is 2. The first-order valence-electron chi connectivity index (χ1n) is 6.84. The molecule has 0 aliphatic carbocycles. The van der Waals surface area contributed by atoms with Crippen molar-refractivity contribution in [1.29, 1.82) is 0 Å². The van der Waals surface area contributed by atoms with Crippen molar-refractivity contribution in [3.8, 4) is 0 Å². The van der Waals surface area contributed by atoms with Crippen molar-refractivity contribution in [2.75, 3.05) is 6.54 Å². The number of benzene rings is 1. The predicted octanol–water partition coefficient (Wildman–Crippen LogP) is 3.05. The minimum absolute atomic E-state index is 0.00831. The van der Waals surface area contributed by atoms with E-state index in [0.717, 1.165) is 12.2 Å². The van der Waals surface area contributed by atoms with E-state index in [-0.39, 0.29) is 11.5 Å². The smallest absolute Gasteiger partial charge is 0.0802 e. The molecule has 1 heterocycles. The molecule has 1 unspecified atom stereocenters. The third-order valence-electron chi connectivity index (χ3n) is 3.68. The van der Waals surface area contributed by atoms with Gasteiger partial charge in [0.05, 0.1) is 11.7 Å². The minimum Gasteiger partial charge on any atom is -0.308 e. The number of hydrogen-bond donors (Lipinski definition) is 1. The standard InChI is InChI=1S/C16H23N3/c1-5-17-15(14-11-12-19(4)18-14)16(2,3)13-9-7-6-8-10-13/h6-12,15,17H,5H2,1-4H3. The van der Waals surface area contributed by atoms with Crippen molar-refractivity contribution < 1.29 is 0 Å². The predicted molar refractivity (Wildman–Crippen MR) is 79.1 cm³/mol. The molecule has 1 N–H and O–H groups in total. The zero-order valence-electron chi connectivity index (χ0n) is 12.2. The van der Waals surface area contributed by atoms with Crippen LogP contribution in [0.1, 0.15) is 38.1 Å². The SMILES string of the molecule is CCNC(c1ccn(C)n1)C(C)(C)c1ccccc1. The maximum Gasteiger partial charge on any atom is 0.0802 e. The Kier molecular flexibility index (Phi) is 4.05. The van der Waals surface area contributed by atoms with Crippen LogP contribution in [0.3, 0.4) is 0 Å². The van der Waals surface area contributed by atoms with E-state index in [4.69, 9.17) is 0 Å². The van der Waals surface area contributed by atoms with Gasteiger partial charge in [0.15, 0.2) is 0 Å². The van der Waals surface area contributed by atoms with E-state index in [1.165, 1.54) is 5.56 Å². The van der Waals surface area contributed by atoms with Gasteiger partial charge in [-0.25, -0.2) is 0 Å². The highest BCUT2D eigenvalue weighted by atomic mass is 15.3. The topological polar surface area (TPSA) is 29.9 Å². The van der Waals surface area contributed by atoms with Crippen LogP contribution in [0, 0.1) is 0 Å². The monoisotopic (exact) mass is 257 g/mol. The van der Waals surface area contributed by atoms with Crippen molar-refractivity contribution in [2.24, 2.45) is 7.05 Å². The summed E-state index contributed by atoms with van der Waals surface area (Å²) in [6.07, 6.45) is 2.00. The third kappa shape index (κ3) is 2.87. The Labute approximate surface area is 115 Å². The van der Waals surface area contributed by atoms with Crippen molar-refractivity contribution in [3.05, 3.63) is 53.9 Å². The lowest BCUT2D eigenvalue weighted by atomic mass is 9.76. The van der Waals surface area contributed by atoms with Gasteiger partial charge in [-0.1, -0.05) is 51.1 Å². The van der Waals surface area contributed by atoms with Crippen LogP contribution in [0.5, 0.6) is 0 Å². The normalized spacial score (nSPS) is 13.5. The molecule has 1 aromatic heterocycles. The molecule has 2 aromatic rings. The average molecular weight is 257 g/mol. The van der Waals surface area contributed by atoms with E-state index >= 15 is 0 Å². The van der Waals surface area contributed by atoms with Gasteiger partial charge in [-0.05, 0) is 18.2 Å². The molecule has 0 saturated carbocycles. The van der Waals surface area contributed by atoms with Crippen LogP contribution >= 0.6 is 0 Å². The summed E-state index contributed by atoms with van der Waals surface area (Å²) in [4.78, 5) is 0. The molecule has 0 amide bonds. The molecule has 3 nitrogen and oxygen atoms in total. The first-order chi connectivity index (χ1) is 9.05. The maximum absolute atomic E-state index is 4.58. The lowest BCUT2D eigenvalue weighted by molar-refractivity contribution is 0.345. The second-order valence-electron chi connectivity index (χ2n) is 5.49. The van der Waals surface area contributed by atoms with Gasteiger partial charge in [0.1, 0.15) is 0 Å². The van der Waals surface area contributed by atoms with E-state index in [1.807, 2.05) is 17.9 Å². The number of nitrogens with one attached hydrogen (secondary N) is 1.